The number of benzene rings is 2. The number of ether oxygens (including phenoxy) is 4. The van der Waals surface area contributed by atoms with Gasteiger partial charge in [-0.2, -0.15) is 13.2 Å². The van der Waals surface area contributed by atoms with E-state index >= 15 is 0 Å². The molecule has 2 aromatic rings. The molecule has 11 heteroatoms. The molecule has 0 bridgehead atoms. The molecule has 0 fully saturated rings. The molecule has 0 amide bonds. The molecule has 0 spiro atoms. The molecule has 2 aliphatic carbocycles. The number of carbonyl (C=O) groups is 4. The first-order valence-electron chi connectivity index (χ1n) is 17.1. The van der Waals surface area contributed by atoms with E-state index in [1.807, 2.05) is 26.0 Å². The highest BCUT2D eigenvalue weighted by Gasteiger charge is 2.50. The third kappa shape index (κ3) is 10.5. The van der Waals surface area contributed by atoms with Crippen molar-refractivity contribution < 1.29 is 51.3 Å². The second kappa shape index (κ2) is 19.8. The van der Waals surface area contributed by atoms with Crippen molar-refractivity contribution in [2.45, 2.75) is 59.6 Å². The fourth-order valence-corrected chi connectivity index (χ4v) is 5.40. The number of esters is 4. The van der Waals surface area contributed by atoms with E-state index in [1.165, 1.54) is 42.5 Å². The Morgan fingerprint density at radius 1 is 0.731 bits per heavy atom. The van der Waals surface area contributed by atoms with Crippen LogP contribution in [0.4, 0.5) is 13.2 Å². The first-order valence-corrected chi connectivity index (χ1v) is 17.1. The summed E-state index contributed by atoms with van der Waals surface area (Å²) < 4.78 is 60.8. The summed E-state index contributed by atoms with van der Waals surface area (Å²) in [6.45, 7) is 7.27. The number of hydrogen-bond acceptors (Lipinski definition) is 8. The predicted molar refractivity (Wildman–Crippen MR) is 191 cm³/mol. The lowest BCUT2D eigenvalue weighted by molar-refractivity contribution is -0.169. The summed E-state index contributed by atoms with van der Waals surface area (Å²) in [5, 5.41) is 0. The molecule has 4 rings (SSSR count). The van der Waals surface area contributed by atoms with Gasteiger partial charge in [0.25, 0.3) is 0 Å². The maximum absolute atomic E-state index is 13.3. The highest BCUT2D eigenvalue weighted by molar-refractivity contribution is 6.04. The monoisotopic (exact) mass is 720 g/mol. The minimum absolute atomic E-state index is 0.0366. The van der Waals surface area contributed by atoms with E-state index in [-0.39, 0.29) is 49.5 Å². The zero-order valence-corrected chi connectivity index (χ0v) is 29.7. The van der Waals surface area contributed by atoms with Crippen molar-refractivity contribution in [3.8, 4) is 5.75 Å². The standard InChI is InChI=1S/C39H37F3O8.C2H6/c1-3-47-36(45)38(37(46)48-4-2,29-13-8-5-6-9-14-29)25-12-26-49-34(43)28-19-23-31(24-20-28)50-35(44)33-16-11-7-10-15-32(33)27-17-21-30(22-18-27)39(40,41)42;1-2/h5,7-11,13-14,16-24H,3-4,6,12,15,25-26H2,1-2H3;1-2H3. The summed E-state index contributed by atoms with van der Waals surface area (Å²) in [6.07, 6.45) is 12.0. The van der Waals surface area contributed by atoms with Crippen LogP contribution in [0.15, 0.2) is 114 Å². The Bertz CT molecular complexity index is 1720. The molecule has 52 heavy (non-hydrogen) atoms. The fraction of sp³-hybridized carbons (Fsp3) is 0.317. The molecule has 2 aliphatic rings. The lowest BCUT2D eigenvalue weighted by atomic mass is 9.75. The normalized spacial score (nSPS) is 13.9. The zero-order valence-electron chi connectivity index (χ0n) is 29.7. The first kappa shape index (κ1) is 41.0. The van der Waals surface area contributed by atoms with Gasteiger partial charge in [-0.3, -0.25) is 9.59 Å². The van der Waals surface area contributed by atoms with Crippen LogP contribution in [0, 0.1) is 5.41 Å². The maximum Gasteiger partial charge on any atom is 0.416 e. The average Bonchev–Trinajstić information content (AvgIpc) is 3.57. The van der Waals surface area contributed by atoms with Crippen molar-refractivity contribution in [2.24, 2.45) is 5.41 Å². The number of allylic oxidation sites excluding steroid dienone is 9. The van der Waals surface area contributed by atoms with Crippen molar-refractivity contribution in [3.63, 3.8) is 0 Å². The van der Waals surface area contributed by atoms with Gasteiger partial charge in [0.1, 0.15) is 5.75 Å². The Morgan fingerprint density at radius 3 is 2.00 bits per heavy atom. The van der Waals surface area contributed by atoms with Gasteiger partial charge in [-0.15, -0.1) is 0 Å². The minimum Gasteiger partial charge on any atom is -0.465 e. The maximum atomic E-state index is 13.3. The molecule has 0 heterocycles. The summed E-state index contributed by atoms with van der Waals surface area (Å²) >= 11 is 0. The average molecular weight is 721 g/mol. The third-order valence-corrected chi connectivity index (χ3v) is 7.89. The lowest BCUT2D eigenvalue weighted by Gasteiger charge is -2.30. The summed E-state index contributed by atoms with van der Waals surface area (Å²) in [5.74, 6) is -2.78. The Hall–Kier alpha value is -5.45. The minimum atomic E-state index is -4.49. The van der Waals surface area contributed by atoms with Gasteiger partial charge < -0.3 is 18.9 Å². The first-order chi connectivity index (χ1) is 25.0. The number of rotatable bonds is 13. The van der Waals surface area contributed by atoms with Crippen molar-refractivity contribution in [1.29, 1.82) is 0 Å². The molecule has 0 saturated heterocycles. The SMILES string of the molecule is CC.CCOC(=O)C(CCCOC(=O)c1ccc(OC(=O)C2=C(c3ccc(C(F)(F)F)cc3)CC=CC=C2)cc1)(C(=O)OCC)C1=CC=CCC=C1. The Balaban J connectivity index is 0.00000358. The Morgan fingerprint density at radius 2 is 1.38 bits per heavy atom. The quantitative estimate of drug-likeness (QED) is 0.0664. The van der Waals surface area contributed by atoms with E-state index in [9.17, 15) is 32.3 Å². The molecule has 8 nitrogen and oxygen atoms in total. The highest BCUT2D eigenvalue weighted by Crippen LogP contribution is 2.38. The van der Waals surface area contributed by atoms with Gasteiger partial charge in [0, 0.05) is 0 Å². The van der Waals surface area contributed by atoms with Crippen LogP contribution in [0.25, 0.3) is 5.57 Å². The van der Waals surface area contributed by atoms with E-state index < -0.39 is 41.0 Å². The van der Waals surface area contributed by atoms with Crippen LogP contribution in [-0.2, 0) is 34.8 Å². The van der Waals surface area contributed by atoms with E-state index in [4.69, 9.17) is 18.9 Å². The van der Waals surface area contributed by atoms with Gasteiger partial charge >= 0.3 is 30.1 Å². The van der Waals surface area contributed by atoms with Gasteiger partial charge in [0.05, 0.1) is 36.5 Å². The molecule has 0 saturated carbocycles. The molecule has 276 valence electrons. The molecular formula is C41H43F3O8. The lowest BCUT2D eigenvalue weighted by Crippen LogP contribution is -2.43. The predicted octanol–water partition coefficient (Wildman–Crippen LogP) is 9.10. The Labute approximate surface area is 302 Å². The van der Waals surface area contributed by atoms with Crippen molar-refractivity contribution >= 4 is 29.5 Å². The van der Waals surface area contributed by atoms with Crippen molar-refractivity contribution in [1.82, 2.24) is 0 Å². The number of hydrogen-bond donors (Lipinski definition) is 0. The molecule has 0 aromatic heterocycles. The fourth-order valence-electron chi connectivity index (χ4n) is 5.40. The summed E-state index contributed by atoms with van der Waals surface area (Å²) in [5.41, 5.74) is -0.863. The van der Waals surface area contributed by atoms with E-state index in [0.29, 0.717) is 29.6 Å². The van der Waals surface area contributed by atoms with Crippen LogP contribution in [0.2, 0.25) is 0 Å². The third-order valence-electron chi connectivity index (χ3n) is 7.89. The second-order valence-electron chi connectivity index (χ2n) is 11.1. The van der Waals surface area contributed by atoms with E-state index in [2.05, 4.69) is 0 Å². The Kier molecular flexibility index (Phi) is 15.6. The topological polar surface area (TPSA) is 105 Å². The summed E-state index contributed by atoms with van der Waals surface area (Å²) in [6, 6.07) is 10.2. The van der Waals surface area contributed by atoms with E-state index in [0.717, 1.165) is 12.1 Å². The largest absolute Gasteiger partial charge is 0.465 e. The van der Waals surface area contributed by atoms with Gasteiger partial charge in [0.2, 0.25) is 0 Å². The molecule has 0 N–H and O–H groups in total. The number of halogens is 3. The van der Waals surface area contributed by atoms with Gasteiger partial charge in [-0.25, -0.2) is 9.59 Å². The highest BCUT2D eigenvalue weighted by atomic mass is 19.4. The van der Waals surface area contributed by atoms with Crippen molar-refractivity contribution in [3.05, 3.63) is 131 Å². The summed E-state index contributed by atoms with van der Waals surface area (Å²) in [7, 11) is 0. The molecule has 0 aliphatic heterocycles. The second-order valence-corrected chi connectivity index (χ2v) is 11.1. The van der Waals surface area contributed by atoms with Crippen LogP contribution < -0.4 is 4.74 Å². The van der Waals surface area contributed by atoms with Crippen LogP contribution in [0.3, 0.4) is 0 Å². The molecule has 0 unspecified atom stereocenters. The zero-order chi connectivity index (χ0) is 38.1. The molecule has 0 atom stereocenters. The van der Waals surface area contributed by atoms with Crippen LogP contribution >= 0.6 is 0 Å². The molecule has 0 radical (unpaired) electrons. The number of alkyl halides is 3. The van der Waals surface area contributed by atoms with Crippen LogP contribution in [-0.4, -0.2) is 43.7 Å². The van der Waals surface area contributed by atoms with Gasteiger partial charge in [-0.1, -0.05) is 74.6 Å². The van der Waals surface area contributed by atoms with Crippen LogP contribution in [0.5, 0.6) is 5.75 Å². The van der Waals surface area contributed by atoms with E-state index in [1.54, 1.807) is 50.3 Å². The number of carbonyl (C=O) groups excluding carboxylic acids is 4. The van der Waals surface area contributed by atoms with Gasteiger partial charge in [0.15, 0.2) is 5.41 Å². The van der Waals surface area contributed by atoms with Crippen LogP contribution in [0.1, 0.15) is 74.9 Å². The van der Waals surface area contributed by atoms with Crippen molar-refractivity contribution in [2.75, 3.05) is 19.8 Å². The molecule has 2 aromatic carbocycles. The molecular weight excluding hydrogens is 677 g/mol. The van der Waals surface area contributed by atoms with Gasteiger partial charge in [-0.05, 0) is 98.7 Å². The smallest absolute Gasteiger partial charge is 0.416 e. The summed E-state index contributed by atoms with van der Waals surface area (Å²) in [4.78, 5) is 52.6.